The summed E-state index contributed by atoms with van der Waals surface area (Å²) in [4.78, 5) is 24.0. The summed E-state index contributed by atoms with van der Waals surface area (Å²) in [5, 5.41) is 0. The first-order valence-electron chi connectivity index (χ1n) is 8.64. The van der Waals surface area contributed by atoms with Gasteiger partial charge in [0.15, 0.2) is 0 Å². The number of rotatable bonds is 0. The van der Waals surface area contributed by atoms with Gasteiger partial charge in [-0.15, -0.1) is 0 Å². The molecule has 4 aliphatic carbocycles. The molecular formula is C18H30O2. The fraction of sp³-hybridized carbons (Fsp3) is 0.889. The van der Waals surface area contributed by atoms with Gasteiger partial charge in [0, 0.05) is 27.5 Å². The Morgan fingerprint density at radius 2 is 1.80 bits per heavy atom. The minimum absolute atomic E-state index is 0. The van der Waals surface area contributed by atoms with E-state index >= 15 is 0 Å². The van der Waals surface area contributed by atoms with Crippen molar-refractivity contribution in [3.05, 3.63) is 0 Å². The van der Waals surface area contributed by atoms with Crippen molar-refractivity contribution in [2.45, 2.75) is 64.7 Å². The van der Waals surface area contributed by atoms with E-state index in [-0.39, 0.29) is 8.27 Å². The number of hydrogen-bond donors (Lipinski definition) is 0. The second-order valence-corrected chi connectivity index (χ2v) is 8.13. The van der Waals surface area contributed by atoms with Crippen molar-refractivity contribution in [1.29, 1.82) is 0 Å². The molecule has 2 nitrogen and oxygen atoms in total. The van der Waals surface area contributed by atoms with Crippen molar-refractivity contribution in [1.82, 2.24) is 0 Å². The summed E-state index contributed by atoms with van der Waals surface area (Å²) < 4.78 is 0. The molecule has 0 aliphatic heterocycles. The van der Waals surface area contributed by atoms with Crippen LogP contribution in [0.2, 0.25) is 0 Å². The molecule has 0 amide bonds. The Labute approximate surface area is 124 Å². The topological polar surface area (TPSA) is 34.1 Å². The molecule has 0 spiro atoms. The van der Waals surface area contributed by atoms with Crippen LogP contribution in [-0.2, 0) is 9.59 Å². The summed E-state index contributed by atoms with van der Waals surface area (Å²) in [6, 6.07) is 0. The molecule has 4 saturated carbocycles. The maximum Gasteiger partial charge on any atom is 0.139 e. The molecule has 0 aromatic rings. The summed E-state index contributed by atoms with van der Waals surface area (Å²) in [5.74, 6) is 4.79. The largest absolute Gasteiger partial charge is 0.300 e. The molecule has 0 radical (unpaired) electrons. The van der Waals surface area contributed by atoms with E-state index in [1.54, 1.807) is 0 Å². The fourth-order valence-corrected chi connectivity index (χ4v) is 6.43. The molecule has 2 unspecified atom stereocenters. The van der Waals surface area contributed by atoms with Crippen LogP contribution < -0.4 is 0 Å². The van der Waals surface area contributed by atoms with Crippen molar-refractivity contribution in [3.8, 4) is 0 Å². The van der Waals surface area contributed by atoms with E-state index in [0.29, 0.717) is 23.4 Å². The number of hydrogen-bond acceptors (Lipinski definition) is 2. The van der Waals surface area contributed by atoms with Crippen molar-refractivity contribution < 1.29 is 12.4 Å². The second-order valence-electron chi connectivity index (χ2n) is 8.13. The van der Waals surface area contributed by atoms with Crippen molar-refractivity contribution in [2.75, 3.05) is 0 Å². The smallest absolute Gasteiger partial charge is 0.139 e. The number of fused-ring (bicyclic) bond motifs is 5. The van der Waals surface area contributed by atoms with Gasteiger partial charge in [-0.05, 0) is 68.1 Å². The van der Waals surface area contributed by atoms with E-state index in [1.807, 2.05) is 0 Å². The van der Waals surface area contributed by atoms with Crippen molar-refractivity contribution in [2.24, 2.45) is 35.0 Å². The van der Waals surface area contributed by atoms with Crippen LogP contribution in [0.25, 0.3) is 0 Å². The molecule has 0 heterocycles. The lowest BCUT2D eigenvalue weighted by atomic mass is 9.50. The minimum atomic E-state index is 0. The first-order chi connectivity index (χ1) is 9.59. The van der Waals surface area contributed by atoms with Gasteiger partial charge >= 0.3 is 0 Å². The third-order valence-electron chi connectivity index (χ3n) is 7.47. The lowest BCUT2D eigenvalue weighted by molar-refractivity contribution is -0.134. The number of carbonyl (C=O) groups excluding carboxylic acids is 2. The highest BCUT2D eigenvalue weighted by Gasteiger charge is 2.56. The molecule has 4 rings (SSSR count). The van der Waals surface area contributed by atoms with E-state index in [9.17, 15) is 9.59 Å². The van der Waals surface area contributed by atoms with E-state index < -0.39 is 0 Å². The Balaban J connectivity index is 0.000000882. The Bertz CT molecular complexity index is 464. The van der Waals surface area contributed by atoms with Gasteiger partial charge in [0.1, 0.15) is 11.6 Å². The van der Waals surface area contributed by atoms with E-state index in [2.05, 4.69) is 6.92 Å². The molecule has 0 N–H and O–H groups in total. The zero-order valence-electron chi connectivity index (χ0n) is 12.6. The van der Waals surface area contributed by atoms with Crippen LogP contribution in [0.3, 0.4) is 0 Å². The number of ketones is 2. The summed E-state index contributed by atoms with van der Waals surface area (Å²) in [7, 11) is 0. The SMILES string of the molecule is C[C@]12CC[C@@H]3[C@H]4CCC(=O)CC4CC[C@H]3C1CCC2=O.[HH].[HH]. The Morgan fingerprint density at radius 3 is 2.65 bits per heavy atom. The number of carbonyl (C=O) groups is 2. The summed E-state index contributed by atoms with van der Waals surface area (Å²) >= 11 is 0. The molecule has 2 heteroatoms. The monoisotopic (exact) mass is 278 g/mol. The van der Waals surface area contributed by atoms with Crippen LogP contribution in [0.15, 0.2) is 0 Å². The van der Waals surface area contributed by atoms with Gasteiger partial charge in [0.05, 0.1) is 0 Å². The van der Waals surface area contributed by atoms with E-state index in [1.165, 1.54) is 19.3 Å². The van der Waals surface area contributed by atoms with Gasteiger partial charge < -0.3 is 0 Å². The third kappa shape index (κ3) is 1.69. The van der Waals surface area contributed by atoms with Gasteiger partial charge in [-0.3, -0.25) is 9.59 Å². The third-order valence-corrected chi connectivity index (χ3v) is 7.47. The summed E-state index contributed by atoms with van der Waals surface area (Å²) in [5.41, 5.74) is 0.0124. The summed E-state index contributed by atoms with van der Waals surface area (Å²) in [6.07, 6.45) is 9.70. The second kappa shape index (κ2) is 4.42. The number of Topliss-reactive ketones (excluding diaryl/α,β-unsaturated/α-hetero) is 2. The van der Waals surface area contributed by atoms with E-state index in [4.69, 9.17) is 0 Å². The van der Waals surface area contributed by atoms with Crippen LogP contribution in [0, 0.1) is 35.0 Å². The maximum atomic E-state index is 12.3. The summed E-state index contributed by atoms with van der Waals surface area (Å²) in [6.45, 7) is 2.25. The molecule has 20 heavy (non-hydrogen) atoms. The molecule has 6 atom stereocenters. The normalized spacial score (nSPS) is 51.4. The highest BCUT2D eigenvalue weighted by Crippen LogP contribution is 2.61. The van der Waals surface area contributed by atoms with Crippen LogP contribution in [0.1, 0.15) is 67.6 Å². The molecule has 4 fully saturated rings. The van der Waals surface area contributed by atoms with E-state index in [0.717, 1.165) is 56.3 Å². The predicted molar refractivity (Wildman–Crippen MR) is 81.4 cm³/mol. The van der Waals surface area contributed by atoms with Crippen LogP contribution in [0.5, 0.6) is 0 Å². The molecule has 0 saturated heterocycles. The van der Waals surface area contributed by atoms with Crippen LogP contribution >= 0.6 is 0 Å². The highest BCUT2D eigenvalue weighted by molar-refractivity contribution is 5.87. The molecule has 0 aromatic carbocycles. The van der Waals surface area contributed by atoms with Crippen molar-refractivity contribution >= 4 is 11.6 Å². The quantitative estimate of drug-likeness (QED) is 0.663. The molecular weight excluding hydrogens is 248 g/mol. The van der Waals surface area contributed by atoms with Crippen LogP contribution in [-0.4, -0.2) is 11.6 Å². The predicted octanol–water partition coefficient (Wildman–Crippen LogP) is 4.27. The van der Waals surface area contributed by atoms with Crippen molar-refractivity contribution in [3.63, 3.8) is 0 Å². The molecule has 0 bridgehead atoms. The average Bonchev–Trinajstić information content (AvgIpc) is 2.74. The Morgan fingerprint density at radius 1 is 0.950 bits per heavy atom. The lowest BCUT2D eigenvalue weighted by Crippen LogP contribution is -2.48. The fourth-order valence-electron chi connectivity index (χ4n) is 6.43. The van der Waals surface area contributed by atoms with Gasteiger partial charge in [-0.1, -0.05) is 6.92 Å². The molecule has 114 valence electrons. The Kier molecular flexibility index (Phi) is 2.88. The first-order valence-corrected chi connectivity index (χ1v) is 8.64. The van der Waals surface area contributed by atoms with Crippen LogP contribution in [0.4, 0.5) is 0 Å². The van der Waals surface area contributed by atoms with Gasteiger partial charge in [0.25, 0.3) is 0 Å². The minimum Gasteiger partial charge on any atom is -0.300 e. The maximum absolute atomic E-state index is 12.3. The zero-order chi connectivity index (χ0) is 13.9. The Hall–Kier alpha value is -0.660. The average molecular weight is 278 g/mol. The standard InChI is InChI=1S/C18H26O2.2H2/c1-18-9-8-14-13-5-3-12(19)10-11(13)2-4-15(14)16(18)6-7-17(18)20;;/h11,13-16H,2-10H2,1H3;2*1H/t11?,13-,14+,15+,16?,18-;;/m0../s1. The van der Waals surface area contributed by atoms with Gasteiger partial charge in [-0.25, -0.2) is 0 Å². The highest BCUT2D eigenvalue weighted by atomic mass is 16.1. The molecule has 0 aromatic heterocycles. The zero-order valence-corrected chi connectivity index (χ0v) is 12.6. The van der Waals surface area contributed by atoms with Gasteiger partial charge in [0.2, 0.25) is 0 Å². The molecule has 4 aliphatic rings. The van der Waals surface area contributed by atoms with Gasteiger partial charge in [-0.2, -0.15) is 0 Å². The lowest BCUT2D eigenvalue weighted by Gasteiger charge is -2.53. The first kappa shape index (κ1) is 13.0.